The Morgan fingerprint density at radius 2 is 2.18 bits per heavy atom. The van der Waals surface area contributed by atoms with Gasteiger partial charge in [0.15, 0.2) is 0 Å². The highest BCUT2D eigenvalue weighted by Gasteiger charge is 2.15. The molecule has 3 heteroatoms. The molecule has 0 atom stereocenters. The van der Waals surface area contributed by atoms with Gasteiger partial charge in [0, 0.05) is 19.1 Å². The molecule has 0 spiro atoms. The van der Waals surface area contributed by atoms with Crippen molar-refractivity contribution in [3.05, 3.63) is 0 Å². The summed E-state index contributed by atoms with van der Waals surface area (Å²) in [5, 5.41) is 1.89. The number of hydrogen-bond donors (Lipinski definition) is 1. The van der Waals surface area contributed by atoms with Crippen LogP contribution in [0.3, 0.4) is 0 Å². The number of nitrogens with zero attached hydrogens (tertiary/aromatic N) is 1. The summed E-state index contributed by atoms with van der Waals surface area (Å²) < 4.78 is 0. The monoisotopic (exact) mass is 154 g/mol. The topological polar surface area (TPSA) is 38.5 Å². The molecule has 1 fully saturated rings. The van der Waals surface area contributed by atoms with Crippen LogP contribution in [0, 0.1) is 12.3 Å². The van der Waals surface area contributed by atoms with Gasteiger partial charge in [0.1, 0.15) is 6.61 Å². The lowest BCUT2D eigenvalue weighted by molar-refractivity contribution is -0.157. The molecule has 0 amide bonds. The van der Waals surface area contributed by atoms with E-state index in [1.54, 1.807) is 0 Å². The summed E-state index contributed by atoms with van der Waals surface area (Å²) in [7, 11) is 0. The van der Waals surface area contributed by atoms with Crippen molar-refractivity contribution in [2.45, 2.75) is 18.9 Å². The summed E-state index contributed by atoms with van der Waals surface area (Å²) in [6.07, 6.45) is 7.06. The van der Waals surface area contributed by atoms with Crippen molar-refractivity contribution in [1.29, 1.82) is 0 Å². The van der Waals surface area contributed by atoms with Crippen molar-refractivity contribution in [3.8, 4) is 12.3 Å². The Hall–Kier alpha value is -0.560. The zero-order chi connectivity index (χ0) is 8.10. The molecule has 1 heterocycles. The van der Waals surface area contributed by atoms with Crippen molar-refractivity contribution < 1.29 is 4.84 Å². The first-order valence-corrected chi connectivity index (χ1v) is 3.90. The Balaban J connectivity index is 2.13. The average molecular weight is 154 g/mol. The lowest BCUT2D eigenvalue weighted by Gasteiger charge is -2.28. The van der Waals surface area contributed by atoms with Crippen molar-refractivity contribution >= 4 is 0 Å². The van der Waals surface area contributed by atoms with E-state index >= 15 is 0 Å². The highest BCUT2D eigenvalue weighted by atomic mass is 16.7. The van der Waals surface area contributed by atoms with E-state index in [1.165, 1.54) is 0 Å². The second-order valence-electron chi connectivity index (χ2n) is 2.74. The molecule has 1 aliphatic heterocycles. The molecule has 11 heavy (non-hydrogen) atoms. The predicted molar refractivity (Wildman–Crippen MR) is 43.6 cm³/mol. The molecule has 1 saturated heterocycles. The minimum atomic E-state index is 0.348. The fraction of sp³-hybridized carbons (Fsp3) is 0.750. The number of rotatable bonds is 2. The summed E-state index contributed by atoms with van der Waals surface area (Å²) >= 11 is 0. The van der Waals surface area contributed by atoms with Gasteiger partial charge in [-0.05, 0) is 12.8 Å². The molecule has 0 radical (unpaired) electrons. The van der Waals surface area contributed by atoms with Gasteiger partial charge in [-0.3, -0.25) is 4.84 Å². The molecular formula is C8H14N2O. The lowest BCUT2D eigenvalue weighted by Crippen LogP contribution is -2.39. The summed E-state index contributed by atoms with van der Waals surface area (Å²) in [6, 6.07) is 0.348. The molecule has 0 unspecified atom stereocenters. The molecule has 1 aliphatic rings. The zero-order valence-electron chi connectivity index (χ0n) is 6.62. The third-order valence-electron chi connectivity index (χ3n) is 1.83. The van der Waals surface area contributed by atoms with Gasteiger partial charge in [-0.1, -0.05) is 5.92 Å². The van der Waals surface area contributed by atoms with Crippen LogP contribution < -0.4 is 5.73 Å². The predicted octanol–water partition coefficient (Wildman–Crippen LogP) is -0.0257. The second-order valence-corrected chi connectivity index (χ2v) is 2.74. The van der Waals surface area contributed by atoms with Crippen molar-refractivity contribution in [1.82, 2.24) is 5.06 Å². The van der Waals surface area contributed by atoms with E-state index in [0.717, 1.165) is 25.9 Å². The summed E-state index contributed by atoms with van der Waals surface area (Å²) in [5.41, 5.74) is 5.70. The third-order valence-corrected chi connectivity index (χ3v) is 1.83. The van der Waals surface area contributed by atoms with E-state index in [0.29, 0.717) is 12.6 Å². The van der Waals surface area contributed by atoms with Crippen LogP contribution in [0.15, 0.2) is 0 Å². The highest BCUT2D eigenvalue weighted by molar-refractivity contribution is 4.83. The average Bonchev–Trinajstić information content (AvgIpc) is 2.04. The van der Waals surface area contributed by atoms with Crippen molar-refractivity contribution in [2.24, 2.45) is 5.73 Å². The Bertz CT molecular complexity index is 145. The SMILES string of the molecule is C#CCON1CCC(N)CC1. The second kappa shape index (κ2) is 4.35. The van der Waals surface area contributed by atoms with Crippen LogP contribution in [0.25, 0.3) is 0 Å². The quantitative estimate of drug-likeness (QED) is 0.568. The molecule has 1 rings (SSSR count). The van der Waals surface area contributed by atoms with E-state index in [4.69, 9.17) is 17.0 Å². The van der Waals surface area contributed by atoms with Gasteiger partial charge >= 0.3 is 0 Å². The fourth-order valence-electron chi connectivity index (χ4n) is 1.13. The van der Waals surface area contributed by atoms with Gasteiger partial charge < -0.3 is 5.73 Å². The number of hydroxylamine groups is 2. The molecule has 0 saturated carbocycles. The largest absolute Gasteiger partial charge is 0.328 e. The summed E-state index contributed by atoms with van der Waals surface area (Å²) in [4.78, 5) is 5.22. The number of piperidine rings is 1. The van der Waals surface area contributed by atoms with Gasteiger partial charge in [-0.25, -0.2) is 0 Å². The van der Waals surface area contributed by atoms with Crippen LogP contribution in [-0.2, 0) is 4.84 Å². The molecule has 0 bridgehead atoms. The molecule has 0 aliphatic carbocycles. The molecule has 0 aromatic carbocycles. The molecule has 62 valence electrons. The lowest BCUT2D eigenvalue weighted by atomic mass is 10.1. The Kier molecular flexibility index (Phi) is 3.37. The number of nitrogens with two attached hydrogens (primary N) is 1. The maximum absolute atomic E-state index is 5.70. The van der Waals surface area contributed by atoms with Crippen molar-refractivity contribution in [2.75, 3.05) is 19.7 Å². The smallest absolute Gasteiger partial charge is 0.129 e. The van der Waals surface area contributed by atoms with E-state index in [1.807, 2.05) is 5.06 Å². The van der Waals surface area contributed by atoms with E-state index in [9.17, 15) is 0 Å². The minimum absolute atomic E-state index is 0.348. The molecule has 0 aromatic rings. The highest BCUT2D eigenvalue weighted by Crippen LogP contribution is 2.07. The summed E-state index contributed by atoms with van der Waals surface area (Å²) in [6.45, 7) is 2.18. The number of terminal acetylenes is 1. The minimum Gasteiger partial charge on any atom is -0.328 e. The maximum atomic E-state index is 5.70. The zero-order valence-corrected chi connectivity index (χ0v) is 6.62. The van der Waals surface area contributed by atoms with Crippen LogP contribution in [0.1, 0.15) is 12.8 Å². The van der Waals surface area contributed by atoms with Gasteiger partial charge in [0.2, 0.25) is 0 Å². The Morgan fingerprint density at radius 1 is 1.55 bits per heavy atom. The van der Waals surface area contributed by atoms with Gasteiger partial charge in [0.25, 0.3) is 0 Å². The van der Waals surface area contributed by atoms with E-state index in [2.05, 4.69) is 5.92 Å². The number of hydrogen-bond acceptors (Lipinski definition) is 3. The van der Waals surface area contributed by atoms with Crippen LogP contribution in [0.4, 0.5) is 0 Å². The Morgan fingerprint density at radius 3 is 2.73 bits per heavy atom. The molecular weight excluding hydrogens is 140 g/mol. The molecule has 2 N–H and O–H groups in total. The van der Waals surface area contributed by atoms with Crippen LogP contribution >= 0.6 is 0 Å². The first kappa shape index (κ1) is 8.54. The third kappa shape index (κ3) is 2.89. The van der Waals surface area contributed by atoms with E-state index < -0.39 is 0 Å². The maximum Gasteiger partial charge on any atom is 0.129 e. The van der Waals surface area contributed by atoms with Gasteiger partial charge in [-0.2, -0.15) is 5.06 Å². The first-order valence-electron chi connectivity index (χ1n) is 3.90. The van der Waals surface area contributed by atoms with Gasteiger partial charge in [0.05, 0.1) is 0 Å². The van der Waals surface area contributed by atoms with Crippen LogP contribution in [0.2, 0.25) is 0 Å². The fourth-order valence-corrected chi connectivity index (χ4v) is 1.13. The normalized spacial score (nSPS) is 21.5. The Labute approximate surface area is 67.5 Å². The summed E-state index contributed by atoms with van der Waals surface area (Å²) in [5.74, 6) is 2.43. The van der Waals surface area contributed by atoms with Crippen LogP contribution in [-0.4, -0.2) is 30.8 Å². The standard InChI is InChI=1S/C8H14N2O/c1-2-7-11-10-5-3-8(9)4-6-10/h1,8H,3-7,9H2. The molecule has 0 aromatic heterocycles. The van der Waals surface area contributed by atoms with Crippen molar-refractivity contribution in [3.63, 3.8) is 0 Å². The van der Waals surface area contributed by atoms with E-state index in [-0.39, 0.29) is 0 Å². The first-order chi connectivity index (χ1) is 5.33. The van der Waals surface area contributed by atoms with Crippen LogP contribution in [0.5, 0.6) is 0 Å². The van der Waals surface area contributed by atoms with Gasteiger partial charge in [-0.15, -0.1) is 6.42 Å². The molecule has 3 nitrogen and oxygen atoms in total.